The van der Waals surface area contributed by atoms with E-state index < -0.39 is 23.8 Å². The van der Waals surface area contributed by atoms with Crippen molar-refractivity contribution in [2.75, 3.05) is 26.7 Å². The first-order valence-corrected chi connectivity index (χ1v) is 6.54. The van der Waals surface area contributed by atoms with Crippen LogP contribution in [0.5, 0.6) is 0 Å². The third-order valence-corrected chi connectivity index (χ3v) is 3.54. The second kappa shape index (κ2) is 6.28. The van der Waals surface area contributed by atoms with Gasteiger partial charge in [0.2, 0.25) is 0 Å². The Hall–Kier alpha value is -1.53. The van der Waals surface area contributed by atoms with Crippen molar-refractivity contribution in [2.24, 2.45) is 0 Å². The summed E-state index contributed by atoms with van der Waals surface area (Å²) in [4.78, 5) is 13.6. The third kappa shape index (κ3) is 3.13. The Kier molecular flexibility index (Phi) is 4.67. The zero-order valence-corrected chi connectivity index (χ0v) is 11.5. The maximum absolute atomic E-state index is 13.7. The molecule has 1 N–H and O–H groups in total. The Morgan fingerprint density at radius 2 is 2.25 bits per heavy atom. The monoisotopic (exact) mass is 284 g/mol. The SMILES string of the molecule is C[C@H](c1cc(F)ccc1F)N(C)C(=O)[C@H]1CNCCO1. The Bertz CT molecular complexity index is 490. The van der Waals surface area contributed by atoms with Gasteiger partial charge in [-0.25, -0.2) is 8.78 Å². The summed E-state index contributed by atoms with van der Waals surface area (Å²) in [7, 11) is 1.56. The molecule has 0 radical (unpaired) electrons. The lowest BCUT2D eigenvalue weighted by molar-refractivity contribution is -0.145. The number of benzene rings is 1. The lowest BCUT2D eigenvalue weighted by Gasteiger charge is -2.31. The first-order chi connectivity index (χ1) is 9.50. The van der Waals surface area contributed by atoms with Gasteiger partial charge in [-0.15, -0.1) is 0 Å². The molecule has 4 nitrogen and oxygen atoms in total. The minimum absolute atomic E-state index is 0.157. The fourth-order valence-corrected chi connectivity index (χ4v) is 2.19. The number of morpholine rings is 1. The summed E-state index contributed by atoms with van der Waals surface area (Å²) in [6.07, 6.45) is -0.576. The van der Waals surface area contributed by atoms with Crippen LogP contribution >= 0.6 is 0 Å². The average molecular weight is 284 g/mol. The van der Waals surface area contributed by atoms with Gasteiger partial charge < -0.3 is 15.0 Å². The third-order valence-electron chi connectivity index (χ3n) is 3.54. The molecule has 1 amide bonds. The van der Waals surface area contributed by atoms with Gasteiger partial charge in [0.05, 0.1) is 12.6 Å². The number of nitrogens with zero attached hydrogens (tertiary/aromatic N) is 1. The van der Waals surface area contributed by atoms with Crippen LogP contribution in [0.3, 0.4) is 0 Å². The largest absolute Gasteiger partial charge is 0.366 e. The van der Waals surface area contributed by atoms with Crippen LogP contribution in [0.2, 0.25) is 0 Å². The van der Waals surface area contributed by atoms with Crippen LogP contribution < -0.4 is 5.32 Å². The maximum Gasteiger partial charge on any atom is 0.253 e. The molecular formula is C14H18F2N2O2. The minimum Gasteiger partial charge on any atom is -0.366 e. The van der Waals surface area contributed by atoms with Crippen molar-refractivity contribution >= 4 is 5.91 Å². The van der Waals surface area contributed by atoms with E-state index in [0.717, 1.165) is 18.2 Å². The number of halogens is 2. The van der Waals surface area contributed by atoms with Crippen molar-refractivity contribution in [1.29, 1.82) is 0 Å². The molecule has 1 aliphatic heterocycles. The highest BCUT2D eigenvalue weighted by Gasteiger charge is 2.28. The van der Waals surface area contributed by atoms with E-state index in [-0.39, 0.29) is 11.5 Å². The van der Waals surface area contributed by atoms with Gasteiger partial charge in [-0.05, 0) is 25.1 Å². The lowest BCUT2D eigenvalue weighted by Crippen LogP contribution is -2.48. The topological polar surface area (TPSA) is 41.6 Å². The zero-order chi connectivity index (χ0) is 14.7. The number of hydrogen-bond acceptors (Lipinski definition) is 3. The molecule has 1 fully saturated rings. The second-order valence-electron chi connectivity index (χ2n) is 4.85. The quantitative estimate of drug-likeness (QED) is 0.914. The average Bonchev–Trinajstić information content (AvgIpc) is 2.48. The lowest BCUT2D eigenvalue weighted by atomic mass is 10.1. The van der Waals surface area contributed by atoms with Crippen LogP contribution in [-0.2, 0) is 9.53 Å². The molecule has 0 unspecified atom stereocenters. The van der Waals surface area contributed by atoms with E-state index in [1.54, 1.807) is 14.0 Å². The number of carbonyl (C=O) groups is 1. The van der Waals surface area contributed by atoms with E-state index in [9.17, 15) is 13.6 Å². The fraction of sp³-hybridized carbons (Fsp3) is 0.500. The molecule has 0 saturated carbocycles. The van der Waals surface area contributed by atoms with E-state index in [2.05, 4.69) is 5.32 Å². The number of carbonyl (C=O) groups excluding carboxylic acids is 1. The molecule has 0 spiro atoms. The summed E-state index contributed by atoms with van der Waals surface area (Å²) in [5.41, 5.74) is 0.157. The number of likely N-dealkylation sites (N-methyl/N-ethyl adjacent to an activating group) is 1. The van der Waals surface area contributed by atoms with E-state index in [4.69, 9.17) is 4.74 Å². The maximum atomic E-state index is 13.7. The van der Waals surface area contributed by atoms with Crippen LogP contribution in [0.25, 0.3) is 0 Å². The molecule has 1 aliphatic rings. The molecule has 0 aliphatic carbocycles. The van der Waals surface area contributed by atoms with Crippen LogP contribution in [0, 0.1) is 11.6 Å². The van der Waals surface area contributed by atoms with E-state index in [0.29, 0.717) is 19.7 Å². The summed E-state index contributed by atoms with van der Waals surface area (Å²) in [5, 5.41) is 3.06. The second-order valence-corrected chi connectivity index (χ2v) is 4.85. The predicted molar refractivity (Wildman–Crippen MR) is 70.2 cm³/mol. The number of ether oxygens (including phenoxy) is 1. The Morgan fingerprint density at radius 1 is 1.50 bits per heavy atom. The minimum atomic E-state index is -0.576. The van der Waals surface area contributed by atoms with Crippen LogP contribution in [-0.4, -0.2) is 43.7 Å². The van der Waals surface area contributed by atoms with Gasteiger partial charge in [0.25, 0.3) is 5.91 Å². The van der Waals surface area contributed by atoms with E-state index in [1.165, 1.54) is 4.90 Å². The fourth-order valence-electron chi connectivity index (χ4n) is 2.19. The summed E-state index contributed by atoms with van der Waals surface area (Å²) < 4.78 is 32.3. The molecule has 0 aromatic heterocycles. The summed E-state index contributed by atoms with van der Waals surface area (Å²) in [6, 6.07) is 2.67. The van der Waals surface area contributed by atoms with Crippen molar-refractivity contribution < 1.29 is 18.3 Å². The Balaban J connectivity index is 2.12. The van der Waals surface area contributed by atoms with Gasteiger partial charge in [0.1, 0.15) is 17.7 Å². The highest BCUT2D eigenvalue weighted by molar-refractivity contribution is 5.81. The highest BCUT2D eigenvalue weighted by Crippen LogP contribution is 2.23. The molecule has 1 heterocycles. The molecule has 20 heavy (non-hydrogen) atoms. The van der Waals surface area contributed by atoms with Crippen molar-refractivity contribution in [3.8, 4) is 0 Å². The normalized spacial score (nSPS) is 20.5. The van der Waals surface area contributed by atoms with Crippen molar-refractivity contribution in [3.63, 3.8) is 0 Å². The van der Waals surface area contributed by atoms with Crippen LogP contribution in [0.1, 0.15) is 18.5 Å². The Morgan fingerprint density at radius 3 is 2.90 bits per heavy atom. The first kappa shape index (κ1) is 14.9. The predicted octanol–water partition coefficient (Wildman–Crippen LogP) is 1.47. The molecule has 2 atom stereocenters. The van der Waals surface area contributed by atoms with Crippen molar-refractivity contribution in [3.05, 3.63) is 35.4 Å². The van der Waals surface area contributed by atoms with Gasteiger partial charge in [-0.3, -0.25) is 4.79 Å². The van der Waals surface area contributed by atoms with Gasteiger partial charge in [0, 0.05) is 25.7 Å². The molecule has 2 rings (SSSR count). The number of hydrogen-bond donors (Lipinski definition) is 1. The van der Waals surface area contributed by atoms with Crippen LogP contribution in [0.15, 0.2) is 18.2 Å². The van der Waals surface area contributed by atoms with Crippen molar-refractivity contribution in [2.45, 2.75) is 19.1 Å². The standard InChI is InChI=1S/C14H18F2N2O2/c1-9(11-7-10(15)3-4-12(11)16)18(2)14(19)13-8-17-5-6-20-13/h3-4,7,9,13,17H,5-6,8H2,1-2H3/t9-,13-/m1/s1. The molecular weight excluding hydrogens is 266 g/mol. The summed E-state index contributed by atoms with van der Waals surface area (Å²) >= 11 is 0. The van der Waals surface area contributed by atoms with E-state index in [1.807, 2.05) is 0 Å². The van der Waals surface area contributed by atoms with Crippen LogP contribution in [0.4, 0.5) is 8.78 Å². The van der Waals surface area contributed by atoms with E-state index >= 15 is 0 Å². The van der Waals surface area contributed by atoms with Gasteiger partial charge in [0.15, 0.2) is 0 Å². The molecule has 6 heteroatoms. The molecule has 110 valence electrons. The Labute approximate surface area is 116 Å². The van der Waals surface area contributed by atoms with Gasteiger partial charge in [-0.1, -0.05) is 0 Å². The molecule has 0 bridgehead atoms. The smallest absolute Gasteiger partial charge is 0.253 e. The summed E-state index contributed by atoms with van der Waals surface area (Å²) in [6.45, 7) is 3.27. The number of rotatable bonds is 3. The van der Waals surface area contributed by atoms with Gasteiger partial charge in [-0.2, -0.15) is 0 Å². The van der Waals surface area contributed by atoms with Gasteiger partial charge >= 0.3 is 0 Å². The number of nitrogens with one attached hydrogen (secondary N) is 1. The summed E-state index contributed by atoms with van der Waals surface area (Å²) in [5.74, 6) is -1.29. The molecule has 1 aromatic carbocycles. The first-order valence-electron chi connectivity index (χ1n) is 6.54. The zero-order valence-electron chi connectivity index (χ0n) is 11.5. The molecule has 1 saturated heterocycles. The molecule has 1 aromatic rings. The van der Waals surface area contributed by atoms with Crippen molar-refractivity contribution in [1.82, 2.24) is 10.2 Å². The number of amides is 1. The highest BCUT2D eigenvalue weighted by atomic mass is 19.1.